The maximum absolute atomic E-state index is 14.1. The Hall–Kier alpha value is -5.90. The fourth-order valence-corrected chi connectivity index (χ4v) is 5.94. The summed E-state index contributed by atoms with van der Waals surface area (Å²) in [6.07, 6.45) is 1.21. The molecule has 3 aromatic heterocycles. The van der Waals surface area contributed by atoms with Gasteiger partial charge in [0.1, 0.15) is 5.82 Å². The molecule has 10 nitrogen and oxygen atoms in total. The fourth-order valence-electron chi connectivity index (χ4n) is 5.94. The average molecular weight is 609 g/mol. The number of aryl methyl sites for hydroxylation is 4. The van der Waals surface area contributed by atoms with E-state index in [1.165, 1.54) is 4.57 Å². The van der Waals surface area contributed by atoms with Gasteiger partial charge in [-0.15, -0.1) is 10.2 Å². The summed E-state index contributed by atoms with van der Waals surface area (Å²) in [6.45, 7) is 3.01. The van der Waals surface area contributed by atoms with Gasteiger partial charge in [-0.25, -0.2) is 9.78 Å². The number of hydrogen-bond donors (Lipinski definition) is 1. The van der Waals surface area contributed by atoms with Crippen molar-refractivity contribution in [2.24, 2.45) is 0 Å². The largest absolute Gasteiger partial charge is 0.332 e. The zero-order chi connectivity index (χ0) is 31.5. The molecule has 0 bridgehead atoms. The van der Waals surface area contributed by atoms with E-state index in [1.54, 1.807) is 4.57 Å². The second-order valence-corrected chi connectivity index (χ2v) is 11.3. The Morgan fingerprint density at radius 1 is 0.652 bits per heavy atom. The van der Waals surface area contributed by atoms with Crippen LogP contribution in [0.2, 0.25) is 0 Å². The van der Waals surface area contributed by atoms with Crippen molar-refractivity contribution in [1.82, 2.24) is 39.3 Å². The van der Waals surface area contributed by atoms with Crippen molar-refractivity contribution in [2.45, 2.75) is 39.4 Å². The van der Waals surface area contributed by atoms with Gasteiger partial charge in [0.2, 0.25) is 5.82 Å². The molecular formula is C36H32N8O2. The maximum Gasteiger partial charge on any atom is 0.332 e. The van der Waals surface area contributed by atoms with E-state index in [-0.39, 0.29) is 17.8 Å². The van der Waals surface area contributed by atoms with Crippen LogP contribution >= 0.6 is 0 Å². The molecule has 0 saturated carbocycles. The minimum atomic E-state index is -0.335. The van der Waals surface area contributed by atoms with Crippen LogP contribution < -0.4 is 11.2 Å². The molecule has 0 radical (unpaired) electrons. The summed E-state index contributed by atoms with van der Waals surface area (Å²) in [6, 6.07) is 36.1. The van der Waals surface area contributed by atoms with E-state index >= 15 is 0 Å². The summed E-state index contributed by atoms with van der Waals surface area (Å²) in [5, 5.41) is 14.5. The van der Waals surface area contributed by atoms with E-state index < -0.39 is 0 Å². The maximum atomic E-state index is 14.1. The third kappa shape index (κ3) is 5.68. The number of benzene rings is 4. The fraction of sp³-hybridized carbons (Fsp3) is 0.167. The highest BCUT2D eigenvalue weighted by molar-refractivity contribution is 5.80. The predicted octanol–water partition coefficient (Wildman–Crippen LogP) is 5.05. The van der Waals surface area contributed by atoms with E-state index in [2.05, 4.69) is 32.8 Å². The van der Waals surface area contributed by atoms with Gasteiger partial charge in [0, 0.05) is 25.2 Å². The van der Waals surface area contributed by atoms with E-state index in [9.17, 15) is 9.59 Å². The number of H-pyrrole nitrogens is 1. The third-order valence-electron chi connectivity index (χ3n) is 8.36. The van der Waals surface area contributed by atoms with Gasteiger partial charge in [-0.2, -0.15) is 5.21 Å². The van der Waals surface area contributed by atoms with Crippen molar-refractivity contribution in [3.8, 4) is 22.5 Å². The molecule has 4 aromatic carbocycles. The summed E-state index contributed by atoms with van der Waals surface area (Å²) in [5.41, 5.74) is 6.26. The Labute approximate surface area is 264 Å². The van der Waals surface area contributed by atoms with Crippen LogP contribution in [0.4, 0.5) is 0 Å². The minimum Gasteiger partial charge on any atom is -0.318 e. The smallest absolute Gasteiger partial charge is 0.318 e. The predicted molar refractivity (Wildman–Crippen MR) is 177 cm³/mol. The summed E-state index contributed by atoms with van der Waals surface area (Å²) in [4.78, 5) is 32.7. The lowest BCUT2D eigenvalue weighted by molar-refractivity contribution is 0.564. The molecule has 0 atom stereocenters. The summed E-state index contributed by atoms with van der Waals surface area (Å²) in [5.74, 6) is 1.20. The number of nitrogens with zero attached hydrogens (tertiary/aromatic N) is 7. The van der Waals surface area contributed by atoms with E-state index in [4.69, 9.17) is 4.98 Å². The second kappa shape index (κ2) is 12.6. The normalized spacial score (nSPS) is 11.3. The molecule has 0 unspecified atom stereocenters. The van der Waals surface area contributed by atoms with Gasteiger partial charge < -0.3 is 4.57 Å². The Bertz CT molecular complexity index is 2220. The van der Waals surface area contributed by atoms with Gasteiger partial charge in [-0.3, -0.25) is 13.9 Å². The highest BCUT2D eigenvalue weighted by Gasteiger charge is 2.21. The van der Waals surface area contributed by atoms with Crippen LogP contribution in [0.5, 0.6) is 0 Å². The van der Waals surface area contributed by atoms with Crippen LogP contribution in [0.1, 0.15) is 22.5 Å². The number of nitrogens with one attached hydrogen (secondary N) is 1. The van der Waals surface area contributed by atoms with Gasteiger partial charge in [-0.1, -0.05) is 109 Å². The molecule has 0 spiro atoms. The number of imidazole rings is 1. The standard InChI is InChI=1S/C36H32N8O2/c1-25-37-34-32(44(25)24-28-16-18-29(19-17-28)30-14-8-9-15-31(30)33-38-40-41-39-33)35(45)43(23-21-27-12-6-3-7-13-27)36(46)42(34)22-20-26-10-4-2-5-11-26/h2-19H,20-24H2,1H3,(H,38,39,40,41). The molecule has 7 aromatic rings. The lowest BCUT2D eigenvalue weighted by atomic mass is 9.98. The molecule has 3 heterocycles. The Morgan fingerprint density at radius 3 is 1.89 bits per heavy atom. The van der Waals surface area contributed by atoms with Gasteiger partial charge in [0.25, 0.3) is 5.56 Å². The van der Waals surface area contributed by atoms with Crippen LogP contribution in [0.3, 0.4) is 0 Å². The molecule has 10 heteroatoms. The first kappa shape index (κ1) is 28.8. The van der Waals surface area contributed by atoms with Crippen LogP contribution in [-0.4, -0.2) is 39.3 Å². The number of aromatic nitrogens is 8. The van der Waals surface area contributed by atoms with Crippen molar-refractivity contribution in [3.63, 3.8) is 0 Å². The lowest BCUT2D eigenvalue weighted by Gasteiger charge is -2.14. The molecule has 1 N–H and O–H groups in total. The molecular weight excluding hydrogens is 576 g/mol. The molecule has 0 aliphatic carbocycles. The minimum absolute atomic E-state index is 0.279. The van der Waals surface area contributed by atoms with Crippen LogP contribution in [0.25, 0.3) is 33.7 Å². The van der Waals surface area contributed by atoms with Gasteiger partial charge >= 0.3 is 5.69 Å². The molecule has 7 rings (SSSR count). The molecule has 228 valence electrons. The molecule has 46 heavy (non-hydrogen) atoms. The first-order valence-corrected chi connectivity index (χ1v) is 15.3. The summed E-state index contributed by atoms with van der Waals surface area (Å²) < 4.78 is 4.96. The van der Waals surface area contributed by atoms with Crippen LogP contribution in [0, 0.1) is 6.92 Å². The molecule has 0 fully saturated rings. The first-order chi connectivity index (χ1) is 22.6. The summed E-state index contributed by atoms with van der Waals surface area (Å²) >= 11 is 0. The van der Waals surface area contributed by atoms with Crippen molar-refractivity contribution in [1.29, 1.82) is 0 Å². The molecule has 0 aliphatic rings. The van der Waals surface area contributed by atoms with Gasteiger partial charge in [0.05, 0.1) is 0 Å². The van der Waals surface area contributed by atoms with E-state index in [1.807, 2.05) is 109 Å². The Kier molecular flexibility index (Phi) is 7.91. The highest BCUT2D eigenvalue weighted by Crippen LogP contribution is 2.30. The number of aromatic amines is 1. The van der Waals surface area contributed by atoms with Gasteiger partial charge in [-0.05, 0) is 52.8 Å². The Morgan fingerprint density at radius 2 is 1.26 bits per heavy atom. The zero-order valence-electron chi connectivity index (χ0n) is 25.4. The van der Waals surface area contributed by atoms with Crippen LogP contribution in [0.15, 0.2) is 119 Å². The Balaban J connectivity index is 1.26. The first-order valence-electron chi connectivity index (χ1n) is 15.3. The lowest BCUT2D eigenvalue weighted by Crippen LogP contribution is -2.41. The number of hydrogen-bond acceptors (Lipinski definition) is 6. The SMILES string of the molecule is Cc1nc2c(c(=O)n(CCc3ccccc3)c(=O)n2CCc2ccccc2)n1Cc1ccc(-c2ccccc2-c2nn[nH]n2)cc1. The zero-order valence-corrected chi connectivity index (χ0v) is 25.4. The van der Waals surface area contributed by atoms with Crippen molar-refractivity contribution in [3.05, 3.63) is 153 Å². The van der Waals surface area contributed by atoms with Crippen molar-refractivity contribution < 1.29 is 0 Å². The van der Waals surface area contributed by atoms with E-state index in [0.29, 0.717) is 48.7 Å². The number of rotatable bonds is 10. The summed E-state index contributed by atoms with van der Waals surface area (Å²) in [7, 11) is 0. The third-order valence-corrected chi connectivity index (χ3v) is 8.36. The van der Waals surface area contributed by atoms with Gasteiger partial charge in [0.15, 0.2) is 11.2 Å². The van der Waals surface area contributed by atoms with Crippen LogP contribution in [-0.2, 0) is 32.5 Å². The number of tetrazole rings is 1. The number of fused-ring (bicyclic) bond motifs is 1. The highest BCUT2D eigenvalue weighted by atomic mass is 16.2. The van der Waals surface area contributed by atoms with Crippen molar-refractivity contribution in [2.75, 3.05) is 0 Å². The van der Waals surface area contributed by atoms with Crippen molar-refractivity contribution >= 4 is 11.2 Å². The topological polar surface area (TPSA) is 116 Å². The molecule has 0 aliphatic heterocycles. The quantitative estimate of drug-likeness (QED) is 0.232. The molecule has 0 amide bonds. The van der Waals surface area contributed by atoms with E-state index in [0.717, 1.165) is 33.4 Å². The average Bonchev–Trinajstić information content (AvgIpc) is 3.75. The second-order valence-electron chi connectivity index (χ2n) is 11.3. The molecule has 0 saturated heterocycles. The monoisotopic (exact) mass is 608 g/mol.